The topological polar surface area (TPSA) is 42.7 Å². The monoisotopic (exact) mass is 576 g/mol. The van der Waals surface area contributed by atoms with Gasteiger partial charge in [-0.05, 0) is 76.6 Å². The van der Waals surface area contributed by atoms with Gasteiger partial charge in [-0.1, -0.05) is 91.0 Å². The molecule has 5 aromatic carbocycles. The minimum Gasteiger partial charge on any atom is -0.387 e. The second-order valence-corrected chi connectivity index (χ2v) is 11.5. The van der Waals surface area contributed by atoms with E-state index in [-0.39, 0.29) is 0 Å². The fraction of sp³-hybridized carbons (Fsp3) is 0.0244. The van der Waals surface area contributed by atoms with Crippen LogP contribution in [0.3, 0.4) is 0 Å². The number of dihydropyridines is 1. The van der Waals surface area contributed by atoms with Crippen molar-refractivity contribution in [1.82, 2.24) is 19.9 Å². The lowest BCUT2D eigenvalue weighted by atomic mass is 10.00. The normalized spacial score (nSPS) is 13.0. The smallest absolute Gasteiger partial charge is 0.0893 e. The first-order valence-electron chi connectivity index (χ1n) is 15.3. The van der Waals surface area contributed by atoms with Crippen LogP contribution in [0.25, 0.3) is 77.3 Å². The Balaban J connectivity index is 1.30. The number of allylic oxidation sites excluding steroid dienone is 2. The van der Waals surface area contributed by atoms with Gasteiger partial charge in [-0.3, -0.25) is 4.98 Å². The van der Waals surface area contributed by atoms with Gasteiger partial charge in [0, 0.05) is 39.8 Å². The summed E-state index contributed by atoms with van der Waals surface area (Å²) in [6.07, 6.45) is 8.25. The van der Waals surface area contributed by atoms with Crippen LogP contribution in [-0.2, 0) is 0 Å². The van der Waals surface area contributed by atoms with E-state index in [0.717, 1.165) is 29.2 Å². The number of hydrogen-bond donors (Lipinski definition) is 1. The molecule has 0 saturated heterocycles. The first-order valence-corrected chi connectivity index (χ1v) is 15.3. The third-order valence-electron chi connectivity index (χ3n) is 8.88. The molecule has 45 heavy (non-hydrogen) atoms. The quantitative estimate of drug-likeness (QED) is 0.227. The van der Waals surface area contributed by atoms with Crippen LogP contribution in [0, 0.1) is 0 Å². The first-order chi connectivity index (χ1) is 22.3. The Morgan fingerprint density at radius 2 is 1.38 bits per heavy atom. The molecule has 9 rings (SSSR count). The van der Waals surface area contributed by atoms with Gasteiger partial charge in [0.2, 0.25) is 0 Å². The number of benzene rings is 5. The molecular formula is C41H28N4. The van der Waals surface area contributed by atoms with Crippen molar-refractivity contribution < 1.29 is 0 Å². The molecule has 0 fully saturated rings. The van der Waals surface area contributed by atoms with E-state index in [1.807, 2.05) is 36.7 Å². The third-order valence-corrected chi connectivity index (χ3v) is 8.88. The Morgan fingerprint density at radius 3 is 2.29 bits per heavy atom. The first kappa shape index (κ1) is 25.5. The highest BCUT2D eigenvalue weighted by Gasteiger charge is 2.18. The van der Waals surface area contributed by atoms with E-state index in [9.17, 15) is 0 Å². The van der Waals surface area contributed by atoms with Crippen molar-refractivity contribution in [2.45, 2.75) is 0 Å². The van der Waals surface area contributed by atoms with Gasteiger partial charge < -0.3 is 9.88 Å². The summed E-state index contributed by atoms with van der Waals surface area (Å²) in [4.78, 5) is 9.50. The van der Waals surface area contributed by atoms with E-state index in [1.54, 1.807) is 0 Å². The highest BCUT2D eigenvalue weighted by molar-refractivity contribution is 6.20. The van der Waals surface area contributed by atoms with Crippen molar-refractivity contribution in [3.8, 4) is 28.3 Å². The molecule has 0 saturated carbocycles. The van der Waals surface area contributed by atoms with Gasteiger partial charge in [-0.2, -0.15) is 0 Å². The lowest BCUT2D eigenvalue weighted by Gasteiger charge is -2.14. The van der Waals surface area contributed by atoms with Gasteiger partial charge in [-0.25, -0.2) is 4.98 Å². The molecule has 4 heterocycles. The fourth-order valence-corrected chi connectivity index (χ4v) is 6.75. The third kappa shape index (κ3) is 4.22. The summed E-state index contributed by atoms with van der Waals surface area (Å²) >= 11 is 0. The van der Waals surface area contributed by atoms with Gasteiger partial charge in [0.1, 0.15) is 0 Å². The summed E-state index contributed by atoms with van der Waals surface area (Å²) in [5.41, 5.74) is 9.81. The Kier molecular flexibility index (Phi) is 5.85. The largest absolute Gasteiger partial charge is 0.387 e. The van der Waals surface area contributed by atoms with Crippen LogP contribution in [0.15, 0.2) is 152 Å². The van der Waals surface area contributed by atoms with Crippen molar-refractivity contribution in [3.05, 3.63) is 158 Å². The minimum atomic E-state index is 0.836. The highest BCUT2D eigenvalue weighted by atomic mass is 15.0. The highest BCUT2D eigenvalue weighted by Crippen LogP contribution is 2.40. The number of pyridine rings is 2. The van der Waals surface area contributed by atoms with Crippen molar-refractivity contribution in [1.29, 1.82) is 0 Å². The lowest BCUT2D eigenvalue weighted by Crippen LogP contribution is -2.08. The summed E-state index contributed by atoms with van der Waals surface area (Å²) in [6.45, 7) is 0.836. The van der Waals surface area contributed by atoms with Crippen LogP contribution in [0.4, 0.5) is 0 Å². The summed E-state index contributed by atoms with van der Waals surface area (Å²) in [7, 11) is 0. The predicted octanol–water partition coefficient (Wildman–Crippen LogP) is 9.71. The van der Waals surface area contributed by atoms with Crippen LogP contribution in [-0.4, -0.2) is 21.1 Å². The fourth-order valence-electron chi connectivity index (χ4n) is 6.75. The summed E-state index contributed by atoms with van der Waals surface area (Å²) in [6, 6.07) is 45.5. The number of nitrogens with zero attached hydrogens (tertiary/aromatic N) is 3. The van der Waals surface area contributed by atoms with Crippen molar-refractivity contribution in [3.63, 3.8) is 0 Å². The number of aromatic nitrogens is 3. The van der Waals surface area contributed by atoms with Crippen molar-refractivity contribution in [2.75, 3.05) is 6.54 Å². The van der Waals surface area contributed by atoms with Gasteiger partial charge in [0.25, 0.3) is 0 Å². The number of hydrogen-bond acceptors (Lipinski definition) is 3. The van der Waals surface area contributed by atoms with Gasteiger partial charge in [-0.15, -0.1) is 0 Å². The van der Waals surface area contributed by atoms with Crippen LogP contribution in [0.1, 0.15) is 5.56 Å². The van der Waals surface area contributed by atoms with E-state index in [0.29, 0.717) is 0 Å². The second-order valence-electron chi connectivity index (χ2n) is 11.5. The van der Waals surface area contributed by atoms with Gasteiger partial charge >= 0.3 is 0 Å². The molecule has 0 bridgehead atoms. The average Bonchev–Trinajstić information content (AvgIpc) is 3.46. The Bertz CT molecular complexity index is 2480. The number of nitrogens with one attached hydrogen (secondary N) is 1. The van der Waals surface area contributed by atoms with E-state index >= 15 is 0 Å². The molecule has 0 aliphatic carbocycles. The molecule has 4 nitrogen and oxygen atoms in total. The maximum absolute atomic E-state index is 4.99. The zero-order valence-electron chi connectivity index (χ0n) is 24.5. The zero-order chi connectivity index (χ0) is 29.7. The van der Waals surface area contributed by atoms with Crippen LogP contribution >= 0.6 is 0 Å². The van der Waals surface area contributed by atoms with Crippen molar-refractivity contribution in [2.24, 2.45) is 0 Å². The number of fused-ring (bicyclic) bond motifs is 6. The molecule has 0 amide bonds. The Hall–Kier alpha value is -6.00. The molecule has 0 radical (unpaired) electrons. The predicted molar refractivity (Wildman–Crippen MR) is 187 cm³/mol. The van der Waals surface area contributed by atoms with E-state index < -0.39 is 0 Å². The van der Waals surface area contributed by atoms with E-state index in [2.05, 4.69) is 130 Å². The van der Waals surface area contributed by atoms with Crippen LogP contribution in [0.2, 0.25) is 0 Å². The average molecular weight is 577 g/mol. The van der Waals surface area contributed by atoms with E-state index in [1.165, 1.54) is 60.2 Å². The molecule has 4 heteroatoms. The molecule has 1 aliphatic rings. The summed E-state index contributed by atoms with van der Waals surface area (Å²) < 4.78 is 2.48. The second kappa shape index (κ2) is 10.3. The van der Waals surface area contributed by atoms with Crippen LogP contribution < -0.4 is 5.32 Å². The minimum absolute atomic E-state index is 0.836. The molecule has 0 spiro atoms. The SMILES string of the molecule is C1=CC(c2ccc3c4ccc5cc(-c6cccc(-c7ccccn7)n6)ccc5c4n(-c4cccc5ccccc45)c3c2)=CCN1. The Morgan fingerprint density at radius 1 is 0.578 bits per heavy atom. The summed E-state index contributed by atoms with van der Waals surface area (Å²) in [5.74, 6) is 0. The maximum atomic E-state index is 4.99. The molecule has 0 unspecified atom stereocenters. The number of rotatable bonds is 4. The van der Waals surface area contributed by atoms with Crippen molar-refractivity contribution >= 4 is 48.9 Å². The Labute approximate surface area is 260 Å². The van der Waals surface area contributed by atoms with Gasteiger partial charge in [0.05, 0.1) is 33.8 Å². The van der Waals surface area contributed by atoms with Crippen LogP contribution in [0.5, 0.6) is 0 Å². The maximum Gasteiger partial charge on any atom is 0.0893 e. The standard InChI is InChI=1S/C41H28N4/c1-2-9-32-28(7-1)8-5-13-39(32)45-40-26-29(27-20-23-42-24-21-27)14-18-34(40)35-19-15-30-25-31(16-17-33(30)41(35)45)36-11-6-12-38(44-36)37-10-3-4-22-43-37/h1-23,25-26,42H,24H2. The molecule has 212 valence electrons. The summed E-state index contributed by atoms with van der Waals surface area (Å²) in [5, 5.41) is 10.6. The zero-order valence-corrected chi connectivity index (χ0v) is 24.5. The van der Waals surface area contributed by atoms with E-state index in [4.69, 9.17) is 4.98 Å². The molecule has 3 aromatic heterocycles. The lowest BCUT2D eigenvalue weighted by molar-refractivity contribution is 0.976. The van der Waals surface area contributed by atoms with Gasteiger partial charge in [0.15, 0.2) is 0 Å². The molecule has 1 N–H and O–H groups in total. The molecular weight excluding hydrogens is 548 g/mol. The molecule has 8 aromatic rings. The molecule has 1 aliphatic heterocycles. The molecule has 0 atom stereocenters.